The molecule has 1 amide bonds. The minimum Gasteiger partial charge on any atom is -0.480 e. The molecular formula is C15H23BN2O5. The summed E-state index contributed by atoms with van der Waals surface area (Å²) in [7, 11) is -0.895. The molecule has 0 heterocycles. The van der Waals surface area contributed by atoms with Gasteiger partial charge in [0.15, 0.2) is 6.04 Å². The molecule has 23 heavy (non-hydrogen) atoms. The van der Waals surface area contributed by atoms with Gasteiger partial charge in [-0.25, -0.2) is 4.79 Å². The van der Waals surface area contributed by atoms with Crippen LogP contribution in [0.5, 0.6) is 0 Å². The van der Waals surface area contributed by atoms with Crippen LogP contribution in [0.15, 0.2) is 30.3 Å². The largest absolute Gasteiger partial charge is 0.480 e. The monoisotopic (exact) mass is 322 g/mol. The number of carboxylic acid groups (broad SMARTS) is 1. The van der Waals surface area contributed by atoms with Crippen LogP contribution in [-0.2, 0) is 20.9 Å². The van der Waals surface area contributed by atoms with Crippen LogP contribution in [0.25, 0.3) is 0 Å². The van der Waals surface area contributed by atoms with Crippen molar-refractivity contribution in [3.63, 3.8) is 0 Å². The van der Waals surface area contributed by atoms with Crippen molar-refractivity contribution in [1.29, 1.82) is 0 Å². The average molecular weight is 322 g/mol. The van der Waals surface area contributed by atoms with Gasteiger partial charge in [-0.15, -0.1) is 0 Å². The molecule has 0 radical (unpaired) electrons. The fourth-order valence-electron chi connectivity index (χ4n) is 1.97. The molecule has 0 spiro atoms. The molecule has 0 bridgehead atoms. The quantitative estimate of drug-likeness (QED) is 0.486. The van der Waals surface area contributed by atoms with Crippen molar-refractivity contribution >= 4 is 18.9 Å². The van der Waals surface area contributed by atoms with Gasteiger partial charge in [0.25, 0.3) is 0 Å². The van der Waals surface area contributed by atoms with Crippen molar-refractivity contribution in [2.45, 2.75) is 38.9 Å². The van der Waals surface area contributed by atoms with Crippen LogP contribution in [0.1, 0.15) is 19.4 Å². The predicted octanol–water partition coefficient (Wildman–Crippen LogP) is 0.251. The average Bonchev–Trinajstić information content (AvgIpc) is 2.45. The van der Waals surface area contributed by atoms with Gasteiger partial charge in [0.1, 0.15) is 0 Å². The number of benzene rings is 1. The van der Waals surface area contributed by atoms with Gasteiger partial charge in [0.2, 0.25) is 5.91 Å². The smallest absolute Gasteiger partial charge is 0.374 e. The number of ether oxygens (including phenoxy) is 1. The molecule has 1 rings (SSSR count). The number of hydrogen-bond acceptors (Lipinski definition) is 5. The van der Waals surface area contributed by atoms with E-state index in [0.29, 0.717) is 0 Å². The lowest BCUT2D eigenvalue weighted by Crippen LogP contribution is -2.60. The topological polar surface area (TPSA) is 108 Å². The van der Waals surface area contributed by atoms with Crippen LogP contribution in [0.4, 0.5) is 0 Å². The van der Waals surface area contributed by atoms with Gasteiger partial charge in [-0.3, -0.25) is 4.79 Å². The Morgan fingerprint density at radius 3 is 2.43 bits per heavy atom. The Kier molecular flexibility index (Phi) is 7.21. The zero-order valence-electron chi connectivity index (χ0n) is 13.6. The molecule has 0 aromatic heterocycles. The minimum absolute atomic E-state index is 0.152. The fourth-order valence-corrected chi connectivity index (χ4v) is 1.97. The van der Waals surface area contributed by atoms with Crippen molar-refractivity contribution < 1.29 is 24.5 Å². The van der Waals surface area contributed by atoms with Crippen LogP contribution in [0.2, 0.25) is 6.82 Å². The maximum absolute atomic E-state index is 12.1. The summed E-state index contributed by atoms with van der Waals surface area (Å²) in [5.74, 6) is -1.71. The summed E-state index contributed by atoms with van der Waals surface area (Å²) in [6.07, 6.45) is 0. The molecular weight excluding hydrogens is 299 g/mol. The normalized spacial score (nSPS) is 12.5. The summed E-state index contributed by atoms with van der Waals surface area (Å²) in [5, 5.41) is 23.6. The Morgan fingerprint density at radius 1 is 1.30 bits per heavy atom. The van der Waals surface area contributed by atoms with E-state index in [4.69, 9.17) is 4.74 Å². The molecule has 126 valence electrons. The van der Waals surface area contributed by atoms with Gasteiger partial charge in [-0.1, -0.05) is 30.3 Å². The van der Waals surface area contributed by atoms with Gasteiger partial charge in [-0.2, -0.15) is 0 Å². The highest BCUT2D eigenvalue weighted by Gasteiger charge is 2.32. The zero-order chi connectivity index (χ0) is 17.5. The number of aliphatic carboxylic acids is 1. The Balaban J connectivity index is 2.55. The molecule has 4 N–H and O–H groups in total. The SMILES string of the molecule is CB(O)NC(C)(C)C(=O)N[C@H](COCc1ccccc1)C(=O)O. The van der Waals surface area contributed by atoms with Crippen LogP contribution in [0, 0.1) is 0 Å². The van der Waals surface area contributed by atoms with Crippen molar-refractivity contribution in [3.05, 3.63) is 35.9 Å². The summed E-state index contributed by atoms with van der Waals surface area (Å²) in [4.78, 5) is 23.4. The summed E-state index contributed by atoms with van der Waals surface area (Å²) in [6.45, 7) is 4.70. The van der Waals surface area contributed by atoms with Gasteiger partial charge in [-0.05, 0) is 26.2 Å². The maximum atomic E-state index is 12.1. The van der Waals surface area contributed by atoms with E-state index in [9.17, 15) is 19.7 Å². The van der Waals surface area contributed by atoms with Gasteiger partial charge >= 0.3 is 13.0 Å². The van der Waals surface area contributed by atoms with E-state index in [1.54, 1.807) is 13.8 Å². The third-order valence-electron chi connectivity index (χ3n) is 3.14. The molecule has 0 saturated carbocycles. The molecule has 0 unspecified atom stereocenters. The molecule has 0 aliphatic carbocycles. The lowest BCUT2D eigenvalue weighted by atomic mass is 9.83. The lowest BCUT2D eigenvalue weighted by molar-refractivity contribution is -0.144. The van der Waals surface area contributed by atoms with E-state index < -0.39 is 30.5 Å². The Hall–Kier alpha value is -1.90. The van der Waals surface area contributed by atoms with Gasteiger partial charge < -0.3 is 25.4 Å². The molecule has 1 atom stereocenters. The van der Waals surface area contributed by atoms with Gasteiger partial charge in [0.05, 0.1) is 18.8 Å². The predicted molar refractivity (Wildman–Crippen MR) is 86.7 cm³/mol. The van der Waals surface area contributed by atoms with Crippen LogP contribution in [0.3, 0.4) is 0 Å². The molecule has 0 saturated heterocycles. The number of nitrogens with one attached hydrogen (secondary N) is 2. The highest BCUT2D eigenvalue weighted by Crippen LogP contribution is 2.05. The second-order valence-electron chi connectivity index (χ2n) is 5.81. The second-order valence-corrected chi connectivity index (χ2v) is 5.81. The highest BCUT2D eigenvalue weighted by molar-refractivity contribution is 6.46. The number of amides is 1. The first kappa shape index (κ1) is 19.2. The Morgan fingerprint density at radius 2 is 1.91 bits per heavy atom. The molecule has 0 fully saturated rings. The van der Waals surface area contributed by atoms with Gasteiger partial charge in [0, 0.05) is 0 Å². The summed E-state index contributed by atoms with van der Waals surface area (Å²) >= 11 is 0. The summed E-state index contributed by atoms with van der Waals surface area (Å²) < 4.78 is 5.37. The van der Waals surface area contributed by atoms with Crippen LogP contribution >= 0.6 is 0 Å². The zero-order valence-corrected chi connectivity index (χ0v) is 13.6. The molecule has 0 aliphatic heterocycles. The lowest BCUT2D eigenvalue weighted by Gasteiger charge is -2.27. The van der Waals surface area contributed by atoms with E-state index in [1.165, 1.54) is 6.82 Å². The molecule has 1 aromatic carbocycles. The fraction of sp³-hybridized carbons (Fsp3) is 0.467. The first-order chi connectivity index (χ1) is 10.7. The van der Waals surface area contributed by atoms with E-state index in [-0.39, 0.29) is 13.2 Å². The van der Waals surface area contributed by atoms with Crippen molar-refractivity contribution in [1.82, 2.24) is 10.5 Å². The van der Waals surface area contributed by atoms with Crippen molar-refractivity contribution in [2.75, 3.05) is 6.61 Å². The molecule has 8 heteroatoms. The molecule has 1 aromatic rings. The number of rotatable bonds is 9. The maximum Gasteiger partial charge on any atom is 0.374 e. The summed E-state index contributed by atoms with van der Waals surface area (Å²) in [5.41, 5.74) is -0.194. The first-order valence-corrected chi connectivity index (χ1v) is 7.33. The van der Waals surface area contributed by atoms with E-state index in [0.717, 1.165) is 5.56 Å². The van der Waals surface area contributed by atoms with Crippen LogP contribution in [-0.4, -0.2) is 47.2 Å². The number of carboxylic acids is 1. The standard InChI is InChI=1S/C15H23BN2O5/c1-15(2,18-16(3)22)14(21)17-12(13(19)20)10-23-9-11-7-5-4-6-8-11/h4-8,12,18,22H,9-10H2,1-3H3,(H,17,21)(H,19,20)/t12-/m1/s1. The number of carbonyl (C=O) groups excluding carboxylic acids is 1. The van der Waals surface area contributed by atoms with E-state index in [1.807, 2.05) is 30.3 Å². The van der Waals surface area contributed by atoms with Crippen molar-refractivity contribution in [2.24, 2.45) is 0 Å². The van der Waals surface area contributed by atoms with E-state index in [2.05, 4.69) is 10.5 Å². The number of carbonyl (C=O) groups is 2. The third kappa shape index (κ3) is 6.81. The van der Waals surface area contributed by atoms with Crippen LogP contribution < -0.4 is 10.5 Å². The van der Waals surface area contributed by atoms with Crippen molar-refractivity contribution in [3.8, 4) is 0 Å². The van der Waals surface area contributed by atoms with E-state index >= 15 is 0 Å². The highest BCUT2D eigenvalue weighted by atomic mass is 16.5. The second kappa shape index (κ2) is 8.66. The number of hydrogen-bond donors (Lipinski definition) is 4. The first-order valence-electron chi connectivity index (χ1n) is 7.33. The molecule has 0 aliphatic rings. The minimum atomic E-state index is -1.18. The Bertz CT molecular complexity index is 522. The molecule has 7 nitrogen and oxygen atoms in total. The Labute approximate surface area is 136 Å². The summed E-state index contributed by atoms with van der Waals surface area (Å²) in [6, 6.07) is 8.16. The third-order valence-corrected chi connectivity index (χ3v) is 3.14.